The molecule has 8 aromatic rings. The molecule has 0 aliphatic rings. The average Bonchev–Trinajstić information content (AvgIpc) is 0.837. The van der Waals surface area contributed by atoms with Gasteiger partial charge in [-0.1, -0.05) is 102 Å². The van der Waals surface area contributed by atoms with E-state index in [2.05, 4.69) is 257 Å². The lowest BCUT2D eigenvalue weighted by Gasteiger charge is -2.20. The molecule has 0 aliphatic heterocycles. The molecular formula is C112H144I8O20. The van der Waals surface area contributed by atoms with Crippen LogP contribution in [0.4, 0.5) is 0 Å². The fourth-order valence-corrected chi connectivity index (χ4v) is 25.2. The van der Waals surface area contributed by atoms with Crippen LogP contribution >= 0.6 is 181 Å². The summed E-state index contributed by atoms with van der Waals surface area (Å²) in [6.07, 6.45) is 12.0. The minimum atomic E-state index is -0.500. The van der Waals surface area contributed by atoms with Gasteiger partial charge in [0.25, 0.3) is 0 Å². The van der Waals surface area contributed by atoms with Gasteiger partial charge in [0.1, 0.15) is 69.1 Å². The van der Waals surface area contributed by atoms with E-state index in [0.29, 0.717) is 131 Å². The van der Waals surface area contributed by atoms with E-state index in [0.717, 1.165) is 170 Å². The molecule has 0 spiro atoms. The van der Waals surface area contributed by atoms with Gasteiger partial charge in [0.2, 0.25) is 0 Å². The number of ketones is 4. The van der Waals surface area contributed by atoms with Crippen molar-refractivity contribution in [3.05, 3.63) is 219 Å². The highest BCUT2D eigenvalue weighted by Gasteiger charge is 2.34. The first-order valence-electron chi connectivity index (χ1n) is 49.4. The predicted octanol–water partition coefficient (Wildman–Crippen LogP) is 28.1. The number of ether oxygens (including phenoxy) is 12. The van der Waals surface area contributed by atoms with E-state index >= 15 is 0 Å². The number of halogens is 8. The van der Waals surface area contributed by atoms with Crippen molar-refractivity contribution in [1.29, 1.82) is 0 Å². The highest BCUT2D eigenvalue weighted by atomic mass is 127. The van der Waals surface area contributed by atoms with Crippen molar-refractivity contribution in [2.24, 2.45) is 47.3 Å². The highest BCUT2D eigenvalue weighted by Crippen LogP contribution is 2.38. The first-order valence-corrected chi connectivity index (χ1v) is 58.0. The molecule has 0 radical (unpaired) electrons. The van der Waals surface area contributed by atoms with Gasteiger partial charge in [0, 0.05) is 49.4 Å². The lowest BCUT2D eigenvalue weighted by molar-refractivity contribution is -0.150. The minimum Gasteiger partial charge on any atom is -0.494 e. The Labute approximate surface area is 942 Å². The molecule has 0 aliphatic carbocycles. The monoisotopic (exact) mass is 2820 g/mol. The van der Waals surface area contributed by atoms with Crippen molar-refractivity contribution >= 4 is 228 Å². The molecule has 0 saturated carbocycles. The molecule has 140 heavy (non-hydrogen) atoms. The summed E-state index contributed by atoms with van der Waals surface area (Å²) in [6.45, 7) is 37.3. The Morgan fingerprint density at radius 1 is 0.200 bits per heavy atom. The van der Waals surface area contributed by atoms with Crippen LogP contribution in [0.1, 0.15) is 232 Å². The molecule has 0 bridgehead atoms. The molecule has 0 N–H and O–H groups in total. The third-order valence-electron chi connectivity index (χ3n) is 22.8. The second-order valence-corrected chi connectivity index (χ2v) is 42.9. The van der Waals surface area contributed by atoms with E-state index in [-0.39, 0.29) is 96.4 Å². The Balaban J connectivity index is 0.000000329. The van der Waals surface area contributed by atoms with Crippen LogP contribution in [-0.2, 0) is 109 Å². The van der Waals surface area contributed by atoms with Gasteiger partial charge in [-0.2, -0.15) is 0 Å². The quantitative estimate of drug-likeness (QED) is 0.0195. The number of hydrogen-bond donors (Lipinski definition) is 0. The van der Waals surface area contributed by atoms with Gasteiger partial charge < -0.3 is 56.8 Å². The summed E-state index contributed by atoms with van der Waals surface area (Å²) >= 11 is 18.3. The number of benzene rings is 8. The second-order valence-electron chi connectivity index (χ2n) is 33.6. The second kappa shape index (κ2) is 70.4. The summed E-state index contributed by atoms with van der Waals surface area (Å²) in [7, 11) is 0. The Hall–Kier alpha value is -5.44. The van der Waals surface area contributed by atoms with Crippen molar-refractivity contribution in [2.45, 2.75) is 239 Å². The lowest BCUT2D eigenvalue weighted by atomic mass is 9.85. The zero-order chi connectivity index (χ0) is 103. The molecular weight excluding hydrogens is 2680 g/mol. The molecule has 8 unspecified atom stereocenters. The van der Waals surface area contributed by atoms with Gasteiger partial charge >= 0.3 is 23.9 Å². The summed E-state index contributed by atoms with van der Waals surface area (Å²) in [5, 5.41) is 0. The van der Waals surface area contributed by atoms with Gasteiger partial charge in [-0.15, -0.1) is 0 Å². The smallest absolute Gasteiger partial charge is 0.309 e. The number of hydrogen-bond acceptors (Lipinski definition) is 20. The molecule has 8 aromatic carbocycles. The zero-order valence-electron chi connectivity index (χ0n) is 84.3. The summed E-state index contributed by atoms with van der Waals surface area (Å²) < 4.78 is 74.8. The highest BCUT2D eigenvalue weighted by molar-refractivity contribution is 14.1. The fraction of sp³-hybridized carbons (Fsp3) is 0.500. The van der Waals surface area contributed by atoms with Crippen molar-refractivity contribution in [3.63, 3.8) is 0 Å². The van der Waals surface area contributed by atoms with Gasteiger partial charge in [0.15, 0.2) is 0 Å². The van der Waals surface area contributed by atoms with Crippen LogP contribution in [0.5, 0.6) is 46.0 Å². The molecule has 8 rings (SSSR count). The molecule has 20 nitrogen and oxygen atoms in total. The molecule has 0 fully saturated rings. The first kappa shape index (κ1) is 125. The molecule has 768 valence electrons. The van der Waals surface area contributed by atoms with Gasteiger partial charge in [-0.25, -0.2) is 0 Å². The number of esters is 4. The lowest BCUT2D eigenvalue weighted by Crippen LogP contribution is -2.27. The standard InChI is InChI=1S/4C28H36I2O5/c4*1-5-9-21(15-20-16-24(29)27(34-7-3)25(30)17-20)26(31)18-22(28(32)35-8-4)14-19-10-12-23(13-11-19)33-6-2/h4*10-13,16-17,21-22H,5-9,14-15,18H2,1-4H3. The van der Waals surface area contributed by atoms with Crippen LogP contribution in [0.25, 0.3) is 0 Å². The van der Waals surface area contributed by atoms with Gasteiger partial charge in [0.05, 0.1) is 132 Å². The van der Waals surface area contributed by atoms with E-state index in [9.17, 15) is 38.4 Å². The maximum Gasteiger partial charge on any atom is 0.309 e. The van der Waals surface area contributed by atoms with Crippen LogP contribution in [-0.4, -0.2) is 126 Å². The van der Waals surface area contributed by atoms with E-state index in [1.807, 2.05) is 152 Å². The van der Waals surface area contributed by atoms with Crippen molar-refractivity contribution in [1.82, 2.24) is 0 Å². The normalized spacial score (nSPS) is 12.6. The Morgan fingerprint density at radius 2 is 0.350 bits per heavy atom. The van der Waals surface area contributed by atoms with Crippen molar-refractivity contribution in [3.8, 4) is 46.0 Å². The molecule has 28 heteroatoms. The van der Waals surface area contributed by atoms with E-state index < -0.39 is 23.7 Å². The van der Waals surface area contributed by atoms with Crippen LogP contribution in [0, 0.1) is 75.9 Å². The topological polar surface area (TPSA) is 247 Å². The fourth-order valence-electron chi connectivity index (χ4n) is 16.4. The SMILES string of the molecule is CCCC(Cc1cc(I)c(OCC)c(I)c1)C(=O)CC(Cc1ccc(OCC)cc1)C(=O)OCC.CCCC(Cc1cc(I)c(OCC)c(I)c1)C(=O)CC(Cc1ccc(OCC)cc1)C(=O)OCC.CCCC(Cc1cc(I)c(OCC)c(I)c1)C(=O)CC(Cc1ccc(OCC)cc1)C(=O)OCC.CCCC(Cc1cc(I)c(OCC)c(I)c1)C(=O)CC(Cc1ccc(OCC)cc1)C(=O)OCC. The maximum absolute atomic E-state index is 13.5. The Bertz CT molecular complexity index is 4370. The number of rotatable bonds is 60. The van der Waals surface area contributed by atoms with Gasteiger partial charge in [-0.3, -0.25) is 38.4 Å². The molecule has 0 heterocycles. The number of carbonyl (C=O) groups is 8. The molecule has 0 saturated heterocycles. The summed E-state index contributed by atoms with van der Waals surface area (Å²) in [5.74, 6) is 3.46. The number of carbonyl (C=O) groups excluding carboxylic acids is 8. The largest absolute Gasteiger partial charge is 0.494 e. The zero-order valence-corrected chi connectivity index (χ0v) is 102. The average molecular weight is 2830 g/mol. The van der Waals surface area contributed by atoms with E-state index in [1.54, 1.807) is 27.7 Å². The van der Waals surface area contributed by atoms with Crippen LogP contribution in [0.3, 0.4) is 0 Å². The maximum atomic E-state index is 13.5. The Kier molecular flexibility index (Phi) is 62.9. The van der Waals surface area contributed by atoms with E-state index in [1.165, 1.54) is 0 Å². The van der Waals surface area contributed by atoms with Crippen LogP contribution < -0.4 is 37.9 Å². The summed E-state index contributed by atoms with van der Waals surface area (Å²) in [4.78, 5) is 105. The van der Waals surface area contributed by atoms with Crippen molar-refractivity contribution in [2.75, 3.05) is 79.3 Å². The minimum absolute atomic E-state index is 0.120. The number of Topliss-reactive ketones (excluding diaryl/α,β-unsaturated/α-hetero) is 4. The van der Waals surface area contributed by atoms with Crippen LogP contribution in [0.15, 0.2) is 146 Å². The third-order valence-corrected chi connectivity index (χ3v) is 29.2. The first-order chi connectivity index (χ1) is 67.3. The predicted molar refractivity (Wildman–Crippen MR) is 625 cm³/mol. The molecule has 0 aromatic heterocycles. The Morgan fingerprint density at radius 3 is 0.486 bits per heavy atom. The van der Waals surface area contributed by atoms with Gasteiger partial charge in [-0.05, 0) is 482 Å². The summed E-state index contributed by atoms with van der Waals surface area (Å²) in [6, 6.07) is 47.7. The van der Waals surface area contributed by atoms with Crippen molar-refractivity contribution < 1.29 is 95.2 Å². The summed E-state index contributed by atoms with van der Waals surface area (Å²) in [5.41, 5.74) is 8.43. The molecule has 8 atom stereocenters. The third kappa shape index (κ3) is 44.7. The van der Waals surface area contributed by atoms with Crippen LogP contribution in [0.2, 0.25) is 0 Å². The van der Waals surface area contributed by atoms with E-state index in [4.69, 9.17) is 56.8 Å². The molecule has 0 amide bonds.